The standard InChI is InChI=1S/C20H26F2N2OS/c1-5-13(3)7-8-16-17(12-26-18(16)6-2)19(25)24-15-9-14(10-23-11-15)20(4,21)22/h9-13H,5-8H2,1-4H3,(H,24,25). The van der Waals surface area contributed by atoms with E-state index in [1.807, 2.05) is 5.38 Å². The minimum absolute atomic E-state index is 0.216. The third-order valence-electron chi connectivity index (χ3n) is 4.63. The highest BCUT2D eigenvalue weighted by molar-refractivity contribution is 7.10. The summed E-state index contributed by atoms with van der Waals surface area (Å²) in [4.78, 5) is 17.8. The Bertz CT molecular complexity index is 753. The first-order valence-corrected chi connectivity index (χ1v) is 9.88. The second-order valence-electron chi connectivity index (χ2n) is 6.76. The predicted octanol–water partition coefficient (Wildman–Crippen LogP) is 6.05. The third kappa shape index (κ3) is 5.10. The lowest BCUT2D eigenvalue weighted by molar-refractivity contribution is 0.0171. The zero-order valence-corrected chi connectivity index (χ0v) is 16.6. The molecule has 0 aromatic carbocycles. The molecule has 0 aliphatic carbocycles. The number of anilines is 1. The monoisotopic (exact) mass is 380 g/mol. The Kier molecular flexibility index (Phi) is 6.87. The van der Waals surface area contributed by atoms with Crippen molar-refractivity contribution < 1.29 is 13.6 Å². The third-order valence-corrected chi connectivity index (χ3v) is 5.81. The van der Waals surface area contributed by atoms with E-state index in [-0.39, 0.29) is 17.2 Å². The molecule has 3 nitrogen and oxygen atoms in total. The van der Waals surface area contributed by atoms with E-state index in [9.17, 15) is 13.6 Å². The molecular formula is C20H26F2N2OS. The van der Waals surface area contributed by atoms with Crippen molar-refractivity contribution in [2.45, 2.75) is 59.3 Å². The number of rotatable bonds is 8. The summed E-state index contributed by atoms with van der Waals surface area (Å²) in [5.41, 5.74) is 1.79. The van der Waals surface area contributed by atoms with Crippen molar-refractivity contribution in [3.63, 3.8) is 0 Å². The minimum atomic E-state index is -2.99. The molecular weight excluding hydrogens is 354 g/mol. The zero-order valence-electron chi connectivity index (χ0n) is 15.7. The number of nitrogens with zero attached hydrogens (tertiary/aromatic N) is 1. The molecule has 0 bridgehead atoms. The number of aromatic nitrogens is 1. The molecule has 0 saturated carbocycles. The Balaban J connectivity index is 2.21. The second-order valence-corrected chi connectivity index (χ2v) is 7.73. The fraction of sp³-hybridized carbons (Fsp3) is 0.500. The average molecular weight is 381 g/mol. The molecule has 2 rings (SSSR count). The fourth-order valence-electron chi connectivity index (χ4n) is 2.73. The molecule has 0 spiro atoms. The van der Waals surface area contributed by atoms with Gasteiger partial charge < -0.3 is 5.32 Å². The number of nitrogens with one attached hydrogen (secondary N) is 1. The Morgan fingerprint density at radius 3 is 2.69 bits per heavy atom. The van der Waals surface area contributed by atoms with Gasteiger partial charge in [0.25, 0.3) is 11.8 Å². The highest BCUT2D eigenvalue weighted by Crippen LogP contribution is 2.29. The summed E-state index contributed by atoms with van der Waals surface area (Å²) in [5.74, 6) is -2.66. The van der Waals surface area contributed by atoms with E-state index >= 15 is 0 Å². The number of alkyl halides is 2. The van der Waals surface area contributed by atoms with Gasteiger partial charge in [0.1, 0.15) is 0 Å². The van der Waals surface area contributed by atoms with Crippen molar-refractivity contribution in [2.24, 2.45) is 5.92 Å². The van der Waals surface area contributed by atoms with Crippen LogP contribution in [0.2, 0.25) is 0 Å². The van der Waals surface area contributed by atoms with Gasteiger partial charge in [0.15, 0.2) is 0 Å². The first-order chi connectivity index (χ1) is 12.3. The van der Waals surface area contributed by atoms with E-state index in [0.717, 1.165) is 44.4 Å². The van der Waals surface area contributed by atoms with Crippen LogP contribution < -0.4 is 5.32 Å². The minimum Gasteiger partial charge on any atom is -0.321 e. The molecule has 1 amide bonds. The van der Waals surface area contributed by atoms with Crippen LogP contribution in [0.15, 0.2) is 23.8 Å². The van der Waals surface area contributed by atoms with Crippen LogP contribution in [0.25, 0.3) is 0 Å². The molecule has 0 aliphatic rings. The van der Waals surface area contributed by atoms with Gasteiger partial charge in [0, 0.05) is 28.9 Å². The van der Waals surface area contributed by atoms with E-state index in [1.165, 1.54) is 17.1 Å². The lowest BCUT2D eigenvalue weighted by Crippen LogP contribution is -2.15. The Morgan fingerprint density at radius 1 is 1.35 bits per heavy atom. The molecule has 2 aromatic heterocycles. The Labute approximate surface area is 157 Å². The molecule has 0 fully saturated rings. The summed E-state index contributed by atoms with van der Waals surface area (Å²) in [5, 5.41) is 4.59. The van der Waals surface area contributed by atoms with Gasteiger partial charge in [-0.3, -0.25) is 9.78 Å². The first kappa shape index (κ1) is 20.5. The lowest BCUT2D eigenvalue weighted by atomic mass is 9.96. The largest absolute Gasteiger partial charge is 0.321 e. The van der Waals surface area contributed by atoms with Gasteiger partial charge >= 0.3 is 0 Å². The molecule has 2 aromatic rings. The quantitative estimate of drug-likeness (QED) is 0.606. The van der Waals surface area contributed by atoms with Crippen molar-refractivity contribution in [1.29, 1.82) is 0 Å². The average Bonchev–Trinajstić information content (AvgIpc) is 3.02. The number of halogens is 2. The maximum absolute atomic E-state index is 13.5. The predicted molar refractivity (Wildman–Crippen MR) is 103 cm³/mol. The lowest BCUT2D eigenvalue weighted by Gasteiger charge is -2.13. The van der Waals surface area contributed by atoms with E-state index in [0.29, 0.717) is 11.5 Å². The summed E-state index contributed by atoms with van der Waals surface area (Å²) in [6.07, 6.45) is 6.38. The van der Waals surface area contributed by atoms with Gasteiger partial charge in [-0.15, -0.1) is 11.3 Å². The van der Waals surface area contributed by atoms with Crippen molar-refractivity contribution >= 4 is 22.9 Å². The molecule has 6 heteroatoms. The fourth-order valence-corrected chi connectivity index (χ4v) is 3.76. The molecule has 0 aliphatic heterocycles. The van der Waals surface area contributed by atoms with Crippen molar-refractivity contribution in [1.82, 2.24) is 4.98 Å². The van der Waals surface area contributed by atoms with Crippen LogP contribution in [-0.2, 0) is 18.8 Å². The maximum atomic E-state index is 13.5. The molecule has 0 saturated heterocycles. The van der Waals surface area contributed by atoms with E-state index in [1.54, 1.807) is 11.3 Å². The number of amides is 1. The molecule has 1 N–H and O–H groups in total. The summed E-state index contributed by atoms with van der Waals surface area (Å²) in [7, 11) is 0. The number of hydrogen-bond acceptors (Lipinski definition) is 3. The van der Waals surface area contributed by atoms with Crippen LogP contribution >= 0.6 is 11.3 Å². The summed E-state index contributed by atoms with van der Waals surface area (Å²) < 4.78 is 26.9. The normalized spacial score (nSPS) is 12.8. The van der Waals surface area contributed by atoms with Gasteiger partial charge in [-0.2, -0.15) is 0 Å². The van der Waals surface area contributed by atoms with Crippen LogP contribution in [-0.4, -0.2) is 10.9 Å². The zero-order chi connectivity index (χ0) is 19.3. The number of hydrogen-bond donors (Lipinski definition) is 1. The number of carbonyl (C=O) groups excluding carboxylic acids is 1. The van der Waals surface area contributed by atoms with Crippen LogP contribution in [0.1, 0.15) is 66.9 Å². The highest BCUT2D eigenvalue weighted by atomic mass is 32.1. The van der Waals surface area contributed by atoms with Crippen LogP contribution in [0.4, 0.5) is 14.5 Å². The summed E-state index contributed by atoms with van der Waals surface area (Å²) in [6, 6.07) is 1.27. The molecule has 1 unspecified atom stereocenters. The van der Waals surface area contributed by atoms with Gasteiger partial charge in [0.05, 0.1) is 17.4 Å². The molecule has 26 heavy (non-hydrogen) atoms. The Hall–Kier alpha value is -1.82. The second kappa shape index (κ2) is 8.71. The smallest absolute Gasteiger partial charge is 0.272 e. The molecule has 142 valence electrons. The van der Waals surface area contributed by atoms with Gasteiger partial charge in [0.2, 0.25) is 0 Å². The van der Waals surface area contributed by atoms with Crippen molar-refractivity contribution in [2.75, 3.05) is 5.32 Å². The van der Waals surface area contributed by atoms with Crippen molar-refractivity contribution in [3.05, 3.63) is 45.4 Å². The van der Waals surface area contributed by atoms with E-state index in [4.69, 9.17) is 0 Å². The van der Waals surface area contributed by atoms with Gasteiger partial charge in [-0.05, 0) is 36.8 Å². The summed E-state index contributed by atoms with van der Waals surface area (Å²) >= 11 is 1.59. The van der Waals surface area contributed by atoms with Crippen molar-refractivity contribution in [3.8, 4) is 0 Å². The van der Waals surface area contributed by atoms with Gasteiger partial charge in [-0.1, -0.05) is 27.2 Å². The SMILES string of the molecule is CCc1scc(C(=O)Nc2cncc(C(C)(F)F)c2)c1CCC(C)CC. The highest BCUT2D eigenvalue weighted by Gasteiger charge is 2.25. The molecule has 1 atom stereocenters. The first-order valence-electron chi connectivity index (χ1n) is 9.00. The summed E-state index contributed by atoms with van der Waals surface area (Å²) in [6.45, 7) is 7.27. The number of carbonyl (C=O) groups is 1. The maximum Gasteiger partial charge on any atom is 0.272 e. The van der Waals surface area contributed by atoms with E-state index in [2.05, 4.69) is 31.1 Å². The van der Waals surface area contributed by atoms with Crippen LogP contribution in [0, 0.1) is 5.92 Å². The topological polar surface area (TPSA) is 42.0 Å². The Morgan fingerprint density at radius 2 is 2.08 bits per heavy atom. The van der Waals surface area contributed by atoms with Gasteiger partial charge in [-0.25, -0.2) is 8.78 Å². The van der Waals surface area contributed by atoms with E-state index < -0.39 is 5.92 Å². The molecule has 2 heterocycles. The molecule has 0 radical (unpaired) electrons. The number of thiophene rings is 1. The van der Waals surface area contributed by atoms with Crippen LogP contribution in [0.3, 0.4) is 0 Å². The number of pyridine rings is 1. The van der Waals surface area contributed by atoms with Crippen LogP contribution in [0.5, 0.6) is 0 Å². The number of aryl methyl sites for hydroxylation is 1.